The van der Waals surface area contributed by atoms with Crippen molar-refractivity contribution >= 4 is 12.4 Å². The van der Waals surface area contributed by atoms with E-state index in [2.05, 4.69) is 30.4 Å². The summed E-state index contributed by atoms with van der Waals surface area (Å²) in [7, 11) is 0. The average molecular weight is 254 g/mol. The van der Waals surface area contributed by atoms with E-state index in [1.807, 2.05) is 0 Å². The molecule has 94 valence electrons. The third kappa shape index (κ3) is 2.22. The molecule has 0 saturated carbocycles. The summed E-state index contributed by atoms with van der Waals surface area (Å²) in [6.07, 6.45) is 2.80. The third-order valence-corrected chi connectivity index (χ3v) is 3.83. The van der Waals surface area contributed by atoms with Crippen LogP contribution in [-0.4, -0.2) is 19.2 Å². The maximum absolute atomic E-state index is 5.95. The van der Waals surface area contributed by atoms with Crippen molar-refractivity contribution in [1.82, 2.24) is 5.32 Å². The van der Waals surface area contributed by atoms with E-state index in [0.29, 0.717) is 12.0 Å². The highest BCUT2D eigenvalue weighted by atomic mass is 35.5. The summed E-state index contributed by atoms with van der Waals surface area (Å²) < 4.78 is 5.95. The summed E-state index contributed by atoms with van der Waals surface area (Å²) in [5, 5.41) is 3.43. The predicted molar refractivity (Wildman–Crippen MR) is 71.9 cm³/mol. The van der Waals surface area contributed by atoms with Gasteiger partial charge in [-0.2, -0.15) is 0 Å². The summed E-state index contributed by atoms with van der Waals surface area (Å²) >= 11 is 0. The van der Waals surface area contributed by atoms with Crippen LogP contribution in [0.15, 0.2) is 18.2 Å². The first kappa shape index (κ1) is 12.9. The van der Waals surface area contributed by atoms with Crippen LogP contribution in [0.5, 0.6) is 0 Å². The first-order chi connectivity index (χ1) is 7.90. The average Bonchev–Trinajstić information content (AvgIpc) is 2.78. The van der Waals surface area contributed by atoms with E-state index in [4.69, 9.17) is 4.74 Å². The van der Waals surface area contributed by atoms with Gasteiger partial charge in [0.15, 0.2) is 0 Å². The summed E-state index contributed by atoms with van der Waals surface area (Å²) in [5.41, 5.74) is 4.49. The van der Waals surface area contributed by atoms with Gasteiger partial charge in [-0.3, -0.25) is 0 Å². The van der Waals surface area contributed by atoms with Gasteiger partial charge in [-0.05, 0) is 23.1 Å². The molecule has 0 spiro atoms. The molecule has 1 saturated heterocycles. The van der Waals surface area contributed by atoms with Crippen LogP contribution < -0.4 is 5.32 Å². The zero-order valence-corrected chi connectivity index (χ0v) is 11.1. The Morgan fingerprint density at radius 2 is 2.24 bits per heavy atom. The zero-order chi connectivity index (χ0) is 11.0. The van der Waals surface area contributed by atoms with E-state index in [0.717, 1.165) is 19.7 Å². The number of ether oxygens (including phenoxy) is 1. The number of hydrogen-bond donors (Lipinski definition) is 1. The first-order valence-electron chi connectivity index (χ1n) is 6.33. The molecule has 0 aliphatic carbocycles. The maximum Gasteiger partial charge on any atom is 0.0784 e. The fourth-order valence-corrected chi connectivity index (χ4v) is 3.01. The van der Waals surface area contributed by atoms with Crippen LogP contribution in [0.2, 0.25) is 0 Å². The highest BCUT2D eigenvalue weighted by Gasteiger charge is 2.34. The van der Waals surface area contributed by atoms with Crippen LogP contribution in [0.25, 0.3) is 0 Å². The smallest absolute Gasteiger partial charge is 0.0784 e. The van der Waals surface area contributed by atoms with Crippen LogP contribution in [-0.2, 0) is 17.8 Å². The Morgan fingerprint density at radius 1 is 1.35 bits per heavy atom. The van der Waals surface area contributed by atoms with E-state index >= 15 is 0 Å². The zero-order valence-electron chi connectivity index (χ0n) is 10.2. The number of rotatable bonds is 2. The lowest BCUT2D eigenvalue weighted by Crippen LogP contribution is -2.27. The highest BCUT2D eigenvalue weighted by molar-refractivity contribution is 5.85. The number of hydrogen-bond acceptors (Lipinski definition) is 2. The van der Waals surface area contributed by atoms with Gasteiger partial charge in [0.1, 0.15) is 0 Å². The Balaban J connectivity index is 0.00000108. The Bertz CT molecular complexity index is 394. The molecule has 0 radical (unpaired) electrons. The molecular formula is C14H20ClNO. The maximum atomic E-state index is 5.95. The van der Waals surface area contributed by atoms with Crippen LogP contribution in [0, 0.1) is 0 Å². The molecule has 0 amide bonds. The Hall–Kier alpha value is -0.570. The van der Waals surface area contributed by atoms with E-state index in [9.17, 15) is 0 Å². The molecule has 1 fully saturated rings. The number of aryl methyl sites for hydroxylation is 1. The van der Waals surface area contributed by atoms with E-state index in [-0.39, 0.29) is 12.4 Å². The van der Waals surface area contributed by atoms with Crippen molar-refractivity contribution in [3.05, 3.63) is 34.9 Å². The molecule has 1 N–H and O–H groups in total. The lowest BCUT2D eigenvalue weighted by atomic mass is 9.86. The number of halogens is 1. The minimum Gasteiger partial charge on any atom is -0.372 e. The van der Waals surface area contributed by atoms with E-state index in [1.54, 1.807) is 0 Å². The third-order valence-electron chi connectivity index (χ3n) is 3.83. The fraction of sp³-hybridized carbons (Fsp3) is 0.571. The molecule has 2 nitrogen and oxygen atoms in total. The van der Waals surface area contributed by atoms with Gasteiger partial charge in [0.05, 0.1) is 12.7 Å². The van der Waals surface area contributed by atoms with Crippen molar-refractivity contribution in [2.24, 2.45) is 0 Å². The summed E-state index contributed by atoms with van der Waals surface area (Å²) in [5.74, 6) is 0.584. The van der Waals surface area contributed by atoms with Gasteiger partial charge in [0.25, 0.3) is 0 Å². The minimum atomic E-state index is 0. The molecule has 3 heteroatoms. The normalized spacial score (nSPS) is 25.9. The van der Waals surface area contributed by atoms with Crippen molar-refractivity contribution in [2.45, 2.75) is 38.4 Å². The minimum absolute atomic E-state index is 0. The van der Waals surface area contributed by atoms with Crippen LogP contribution in [0.4, 0.5) is 0 Å². The van der Waals surface area contributed by atoms with Crippen LogP contribution in [0.3, 0.4) is 0 Å². The SMILES string of the molecule is CCCc1cccc2c1CO[C@@H]1CNC[C@H]21.Cl. The van der Waals surface area contributed by atoms with Crippen molar-refractivity contribution in [3.63, 3.8) is 0 Å². The van der Waals surface area contributed by atoms with Gasteiger partial charge in [-0.1, -0.05) is 31.5 Å². The second-order valence-corrected chi connectivity index (χ2v) is 4.85. The van der Waals surface area contributed by atoms with Gasteiger partial charge in [0, 0.05) is 19.0 Å². The molecule has 3 rings (SSSR count). The molecule has 0 unspecified atom stereocenters. The molecule has 0 aromatic heterocycles. The molecule has 2 aliphatic heterocycles. The number of fused-ring (bicyclic) bond motifs is 3. The standard InChI is InChI=1S/C14H19NO.ClH/c1-2-4-10-5-3-6-11-12-7-15-8-14(12)16-9-13(10)11;/h3,5-6,12,14-15H,2,4,7-9H2,1H3;1H/t12-,14-;/m1./s1. The molecule has 1 aromatic carbocycles. The summed E-state index contributed by atoms with van der Waals surface area (Å²) in [6, 6.07) is 6.76. The summed E-state index contributed by atoms with van der Waals surface area (Å²) in [4.78, 5) is 0. The lowest BCUT2D eigenvalue weighted by molar-refractivity contribution is 0.0294. The monoisotopic (exact) mass is 253 g/mol. The predicted octanol–water partition coefficient (Wildman–Crippen LogP) is 2.65. The molecule has 1 aromatic rings. The Kier molecular flexibility index (Phi) is 4.08. The van der Waals surface area contributed by atoms with Crippen molar-refractivity contribution in [2.75, 3.05) is 13.1 Å². The summed E-state index contributed by atoms with van der Waals surface area (Å²) in [6.45, 7) is 5.15. The second-order valence-electron chi connectivity index (χ2n) is 4.85. The van der Waals surface area contributed by atoms with Gasteiger partial charge in [-0.25, -0.2) is 0 Å². The van der Waals surface area contributed by atoms with Crippen molar-refractivity contribution in [1.29, 1.82) is 0 Å². The van der Waals surface area contributed by atoms with Gasteiger partial charge >= 0.3 is 0 Å². The van der Waals surface area contributed by atoms with Crippen LogP contribution in [0.1, 0.15) is 36.0 Å². The molecular weight excluding hydrogens is 234 g/mol. The number of nitrogens with one attached hydrogen (secondary N) is 1. The van der Waals surface area contributed by atoms with E-state index in [1.165, 1.54) is 29.5 Å². The molecule has 2 atom stereocenters. The molecule has 0 bridgehead atoms. The number of benzene rings is 1. The van der Waals surface area contributed by atoms with Crippen molar-refractivity contribution < 1.29 is 4.74 Å². The van der Waals surface area contributed by atoms with Gasteiger partial charge in [0.2, 0.25) is 0 Å². The Labute approximate surface area is 109 Å². The Morgan fingerprint density at radius 3 is 3.06 bits per heavy atom. The molecule has 2 aliphatic rings. The van der Waals surface area contributed by atoms with Gasteiger partial charge < -0.3 is 10.1 Å². The van der Waals surface area contributed by atoms with Crippen molar-refractivity contribution in [3.8, 4) is 0 Å². The van der Waals surface area contributed by atoms with Crippen LogP contribution >= 0.6 is 12.4 Å². The molecule has 17 heavy (non-hydrogen) atoms. The lowest BCUT2D eigenvalue weighted by Gasteiger charge is -2.29. The highest BCUT2D eigenvalue weighted by Crippen LogP contribution is 2.35. The quantitative estimate of drug-likeness (QED) is 0.875. The first-order valence-corrected chi connectivity index (χ1v) is 6.33. The largest absolute Gasteiger partial charge is 0.372 e. The fourth-order valence-electron chi connectivity index (χ4n) is 3.01. The van der Waals surface area contributed by atoms with Gasteiger partial charge in [-0.15, -0.1) is 12.4 Å². The topological polar surface area (TPSA) is 21.3 Å². The molecule has 2 heterocycles. The second kappa shape index (κ2) is 5.38. The van der Waals surface area contributed by atoms with E-state index < -0.39 is 0 Å².